The van der Waals surface area contributed by atoms with Crippen molar-refractivity contribution in [1.29, 1.82) is 0 Å². The van der Waals surface area contributed by atoms with E-state index in [0.717, 1.165) is 0 Å². The van der Waals surface area contributed by atoms with Gasteiger partial charge in [-0.2, -0.15) is 0 Å². The highest BCUT2D eigenvalue weighted by molar-refractivity contribution is 6.08. The molecule has 1 unspecified atom stereocenters. The Morgan fingerprint density at radius 2 is 1.52 bits per heavy atom. The van der Waals surface area contributed by atoms with Crippen molar-refractivity contribution in [2.45, 2.75) is 52.7 Å². The fourth-order valence-corrected chi connectivity index (χ4v) is 3.36. The van der Waals surface area contributed by atoms with E-state index in [1.165, 1.54) is 6.92 Å². The van der Waals surface area contributed by atoms with Crippen LogP contribution >= 0.6 is 0 Å². The van der Waals surface area contributed by atoms with Crippen LogP contribution in [0.15, 0.2) is 0 Å². The van der Waals surface area contributed by atoms with Gasteiger partial charge in [0.2, 0.25) is 0 Å². The van der Waals surface area contributed by atoms with E-state index in [2.05, 4.69) is 16.0 Å². The maximum Gasteiger partial charge on any atom is 0.252 e. The van der Waals surface area contributed by atoms with Gasteiger partial charge < -0.3 is 36.4 Å². The van der Waals surface area contributed by atoms with Crippen LogP contribution < -0.4 is 16.0 Å². The average Bonchev–Trinajstić information content (AvgIpc) is 2.75. The molecule has 31 heavy (non-hydrogen) atoms. The lowest BCUT2D eigenvalue weighted by molar-refractivity contribution is -0.123. The molecule has 10 heteroatoms. The highest BCUT2D eigenvalue weighted by Gasteiger charge is 2.29. The van der Waals surface area contributed by atoms with Crippen LogP contribution in [-0.4, -0.2) is 76.7 Å². The third kappa shape index (κ3) is 6.23. The van der Waals surface area contributed by atoms with E-state index in [0.29, 0.717) is 29.5 Å². The van der Waals surface area contributed by atoms with Crippen LogP contribution in [0.1, 0.15) is 58.2 Å². The number of nitrogens with one attached hydrogen (secondary N) is 3. The lowest BCUT2D eigenvalue weighted by Gasteiger charge is -2.25. The SMILES string of the molecule is CCc1c(NC(=O)C(C)O)c(C)c(C(=O)NC(CO)CO)c(CC)c1C(=O)NCCO. The summed E-state index contributed by atoms with van der Waals surface area (Å²) in [5, 5.41) is 45.1. The largest absolute Gasteiger partial charge is 0.395 e. The topological polar surface area (TPSA) is 168 Å². The van der Waals surface area contributed by atoms with Crippen LogP contribution in [0, 0.1) is 6.92 Å². The molecule has 1 rings (SSSR count). The zero-order valence-electron chi connectivity index (χ0n) is 18.4. The summed E-state index contributed by atoms with van der Waals surface area (Å²) in [6, 6.07) is -0.898. The highest BCUT2D eigenvalue weighted by Crippen LogP contribution is 2.33. The first-order chi connectivity index (χ1) is 14.7. The minimum Gasteiger partial charge on any atom is -0.395 e. The van der Waals surface area contributed by atoms with Gasteiger partial charge in [-0.1, -0.05) is 13.8 Å². The van der Waals surface area contributed by atoms with Crippen molar-refractivity contribution in [2.24, 2.45) is 0 Å². The van der Waals surface area contributed by atoms with E-state index in [9.17, 15) is 29.7 Å². The summed E-state index contributed by atoms with van der Waals surface area (Å²) in [7, 11) is 0. The van der Waals surface area contributed by atoms with E-state index in [-0.39, 0.29) is 30.0 Å². The lowest BCUT2D eigenvalue weighted by atomic mass is 9.86. The van der Waals surface area contributed by atoms with Crippen molar-refractivity contribution in [2.75, 3.05) is 31.7 Å². The van der Waals surface area contributed by atoms with Gasteiger partial charge in [0.05, 0.1) is 25.9 Å². The van der Waals surface area contributed by atoms with Gasteiger partial charge in [-0.05, 0) is 43.4 Å². The van der Waals surface area contributed by atoms with Crippen LogP contribution in [-0.2, 0) is 17.6 Å². The van der Waals surface area contributed by atoms with Crippen molar-refractivity contribution >= 4 is 23.4 Å². The number of carbonyl (C=O) groups excluding carboxylic acids is 3. The maximum absolute atomic E-state index is 13.1. The summed E-state index contributed by atoms with van der Waals surface area (Å²) in [6.45, 7) is 5.26. The number of aliphatic hydroxyl groups is 4. The number of hydrogen-bond donors (Lipinski definition) is 7. The predicted octanol–water partition coefficient (Wildman–Crippen LogP) is -0.756. The molecule has 0 aliphatic rings. The zero-order valence-corrected chi connectivity index (χ0v) is 18.4. The first-order valence-electron chi connectivity index (χ1n) is 10.3. The van der Waals surface area contributed by atoms with Crippen LogP contribution in [0.4, 0.5) is 5.69 Å². The van der Waals surface area contributed by atoms with Crippen molar-refractivity contribution in [3.05, 3.63) is 27.8 Å². The molecule has 1 aromatic carbocycles. The number of hydrogen-bond acceptors (Lipinski definition) is 7. The first-order valence-corrected chi connectivity index (χ1v) is 10.3. The lowest BCUT2D eigenvalue weighted by Crippen LogP contribution is -2.41. The fraction of sp³-hybridized carbons (Fsp3) is 0.571. The van der Waals surface area contributed by atoms with Crippen LogP contribution in [0.2, 0.25) is 0 Å². The second-order valence-corrected chi connectivity index (χ2v) is 7.09. The Bertz CT molecular complexity index is 805. The molecule has 10 nitrogen and oxygen atoms in total. The van der Waals surface area contributed by atoms with Gasteiger partial charge in [0, 0.05) is 23.4 Å². The fourth-order valence-electron chi connectivity index (χ4n) is 3.36. The minimum absolute atomic E-state index is 0.00696. The molecule has 174 valence electrons. The number of carbonyl (C=O) groups is 3. The van der Waals surface area contributed by atoms with Gasteiger partial charge in [-0.3, -0.25) is 14.4 Å². The molecule has 0 saturated carbocycles. The van der Waals surface area contributed by atoms with E-state index in [1.54, 1.807) is 20.8 Å². The number of benzene rings is 1. The molecule has 0 aliphatic heterocycles. The molecule has 0 aliphatic carbocycles. The third-order valence-corrected chi connectivity index (χ3v) is 4.92. The van der Waals surface area contributed by atoms with Crippen LogP contribution in [0.3, 0.4) is 0 Å². The average molecular weight is 440 g/mol. The van der Waals surface area contributed by atoms with E-state index < -0.39 is 43.1 Å². The number of rotatable bonds is 11. The molecule has 0 bridgehead atoms. The molecule has 0 saturated heterocycles. The molecule has 1 atom stereocenters. The zero-order chi connectivity index (χ0) is 23.7. The van der Waals surface area contributed by atoms with Gasteiger partial charge in [0.25, 0.3) is 17.7 Å². The van der Waals surface area contributed by atoms with Gasteiger partial charge in [-0.15, -0.1) is 0 Å². The molecule has 0 spiro atoms. The minimum atomic E-state index is -1.31. The highest BCUT2D eigenvalue weighted by atomic mass is 16.3. The Morgan fingerprint density at radius 1 is 0.935 bits per heavy atom. The standard InChI is InChI=1S/C21H33N3O7/c1-5-14-16(21(31)23-13(9-26)10-27)11(3)18(24-19(29)12(4)28)15(6-2)17(14)20(30)22-7-8-25/h12-13,25-28H,5-10H2,1-4H3,(H,22,30)(H,23,31)(H,24,29). The quantitative estimate of drug-likeness (QED) is 0.238. The number of anilines is 1. The third-order valence-electron chi connectivity index (χ3n) is 4.92. The maximum atomic E-state index is 13.1. The Morgan fingerprint density at radius 3 is 1.97 bits per heavy atom. The molecule has 3 amide bonds. The van der Waals surface area contributed by atoms with Crippen molar-refractivity contribution in [3.8, 4) is 0 Å². The normalized spacial score (nSPS) is 11.9. The second kappa shape index (κ2) is 12.4. The van der Waals surface area contributed by atoms with E-state index in [1.807, 2.05) is 0 Å². The van der Waals surface area contributed by atoms with E-state index >= 15 is 0 Å². The summed E-state index contributed by atoms with van der Waals surface area (Å²) >= 11 is 0. The molecular formula is C21H33N3O7. The van der Waals surface area contributed by atoms with Gasteiger partial charge in [0.15, 0.2) is 0 Å². The Labute approximate surface area is 181 Å². The van der Waals surface area contributed by atoms with E-state index in [4.69, 9.17) is 5.11 Å². The molecule has 0 radical (unpaired) electrons. The molecule has 1 aromatic rings. The van der Waals surface area contributed by atoms with Crippen molar-refractivity contribution in [3.63, 3.8) is 0 Å². The predicted molar refractivity (Wildman–Crippen MR) is 115 cm³/mol. The molecule has 0 fully saturated rings. The summed E-state index contributed by atoms with van der Waals surface area (Å²) in [5.41, 5.74) is 1.92. The Hall–Kier alpha value is -2.53. The van der Waals surface area contributed by atoms with Crippen LogP contribution in [0.25, 0.3) is 0 Å². The Balaban J connectivity index is 3.83. The van der Waals surface area contributed by atoms with Gasteiger partial charge >= 0.3 is 0 Å². The number of aliphatic hydroxyl groups excluding tert-OH is 4. The Kier molecular flexibility index (Phi) is 10.6. The smallest absolute Gasteiger partial charge is 0.252 e. The summed E-state index contributed by atoms with van der Waals surface area (Å²) < 4.78 is 0. The second-order valence-electron chi connectivity index (χ2n) is 7.09. The molecular weight excluding hydrogens is 406 g/mol. The number of amides is 3. The van der Waals surface area contributed by atoms with Crippen molar-refractivity contribution < 1.29 is 34.8 Å². The molecule has 0 heterocycles. The van der Waals surface area contributed by atoms with Gasteiger partial charge in [0.1, 0.15) is 6.10 Å². The van der Waals surface area contributed by atoms with Crippen molar-refractivity contribution in [1.82, 2.24) is 10.6 Å². The van der Waals surface area contributed by atoms with Crippen LogP contribution in [0.5, 0.6) is 0 Å². The molecule has 0 aromatic heterocycles. The van der Waals surface area contributed by atoms with Gasteiger partial charge in [-0.25, -0.2) is 0 Å². The summed E-state index contributed by atoms with van der Waals surface area (Å²) in [6.07, 6.45) is -0.651. The summed E-state index contributed by atoms with van der Waals surface area (Å²) in [5.74, 6) is -1.82. The molecule has 7 N–H and O–H groups in total. The monoisotopic (exact) mass is 439 g/mol. The summed E-state index contributed by atoms with van der Waals surface area (Å²) in [4.78, 5) is 38.3. The first kappa shape index (κ1) is 26.5.